The Morgan fingerprint density at radius 1 is 1.15 bits per heavy atom. The van der Waals surface area contributed by atoms with E-state index in [9.17, 15) is 8.42 Å². The molecular formula is C12H21NO5SSi. The van der Waals surface area contributed by atoms with Gasteiger partial charge in [-0.2, -0.15) is 0 Å². The van der Waals surface area contributed by atoms with Crippen molar-refractivity contribution in [3.8, 4) is 0 Å². The van der Waals surface area contributed by atoms with Crippen molar-refractivity contribution >= 4 is 18.6 Å². The van der Waals surface area contributed by atoms with E-state index in [1.165, 1.54) is 21.3 Å². The van der Waals surface area contributed by atoms with Crippen LogP contribution in [-0.2, 0) is 28.9 Å². The second-order valence-corrected chi connectivity index (χ2v) is 9.59. The number of pyridine rings is 1. The summed E-state index contributed by atoms with van der Waals surface area (Å²) >= 11 is 0. The van der Waals surface area contributed by atoms with Crippen LogP contribution in [0.1, 0.15) is 12.1 Å². The van der Waals surface area contributed by atoms with Crippen LogP contribution in [0.3, 0.4) is 0 Å². The molecule has 0 atom stereocenters. The van der Waals surface area contributed by atoms with E-state index in [0.717, 1.165) is 0 Å². The molecule has 1 aromatic rings. The fourth-order valence-corrected chi connectivity index (χ4v) is 5.17. The Morgan fingerprint density at radius 2 is 1.80 bits per heavy atom. The molecule has 0 aliphatic rings. The van der Waals surface area contributed by atoms with Crippen LogP contribution in [0.2, 0.25) is 6.04 Å². The molecule has 0 N–H and O–H groups in total. The average molecular weight is 319 g/mol. The van der Waals surface area contributed by atoms with Crippen LogP contribution in [0.25, 0.3) is 0 Å². The SMILES string of the molecule is CO[Si](CCCS(=O)(=O)Cc1ccccn1)(OC)OC. The van der Waals surface area contributed by atoms with Crippen LogP contribution in [-0.4, -0.2) is 49.3 Å². The van der Waals surface area contributed by atoms with E-state index in [1.807, 2.05) is 0 Å². The summed E-state index contributed by atoms with van der Waals surface area (Å²) in [4.78, 5) is 4.02. The monoisotopic (exact) mass is 319 g/mol. The summed E-state index contributed by atoms with van der Waals surface area (Å²) in [7, 11) is -1.33. The molecule has 1 heterocycles. The Kier molecular flexibility index (Phi) is 6.76. The van der Waals surface area contributed by atoms with Crippen LogP contribution in [0.15, 0.2) is 24.4 Å². The van der Waals surface area contributed by atoms with Gasteiger partial charge in [0, 0.05) is 33.6 Å². The summed E-state index contributed by atoms with van der Waals surface area (Å²) in [6, 6.07) is 5.70. The molecule has 8 heteroatoms. The van der Waals surface area contributed by atoms with Gasteiger partial charge in [-0.3, -0.25) is 4.98 Å². The Bertz CT molecular complexity index is 482. The smallest absolute Gasteiger partial charge is 0.377 e. The maximum absolute atomic E-state index is 12.0. The van der Waals surface area contributed by atoms with Crippen LogP contribution < -0.4 is 0 Å². The topological polar surface area (TPSA) is 74.7 Å². The predicted octanol–water partition coefficient (Wildman–Crippen LogP) is 1.26. The summed E-state index contributed by atoms with van der Waals surface area (Å²) < 4.78 is 39.8. The van der Waals surface area contributed by atoms with Crippen molar-refractivity contribution < 1.29 is 21.7 Å². The minimum Gasteiger partial charge on any atom is -0.377 e. The van der Waals surface area contributed by atoms with E-state index >= 15 is 0 Å². The van der Waals surface area contributed by atoms with Gasteiger partial charge in [0.1, 0.15) is 0 Å². The summed E-state index contributed by atoms with van der Waals surface area (Å²) in [5, 5.41) is 0. The standard InChI is InChI=1S/C12H21NO5SSi/c1-16-20(17-2,18-3)10-6-9-19(14,15)11-12-7-4-5-8-13-12/h4-5,7-8H,6,9-11H2,1-3H3. The van der Waals surface area contributed by atoms with E-state index in [4.69, 9.17) is 13.3 Å². The van der Waals surface area contributed by atoms with Crippen molar-refractivity contribution in [2.75, 3.05) is 27.1 Å². The maximum Gasteiger partial charge on any atom is 0.500 e. The van der Waals surface area contributed by atoms with E-state index in [1.54, 1.807) is 24.4 Å². The van der Waals surface area contributed by atoms with Crippen LogP contribution in [0.4, 0.5) is 0 Å². The fourth-order valence-electron chi connectivity index (χ4n) is 1.85. The molecule has 0 fully saturated rings. The molecular weight excluding hydrogens is 298 g/mol. The number of aromatic nitrogens is 1. The van der Waals surface area contributed by atoms with Crippen LogP contribution in [0.5, 0.6) is 0 Å². The second-order valence-electron chi connectivity index (χ2n) is 4.31. The molecule has 0 aliphatic heterocycles. The predicted molar refractivity (Wildman–Crippen MR) is 77.9 cm³/mol. The first-order valence-electron chi connectivity index (χ1n) is 6.23. The summed E-state index contributed by atoms with van der Waals surface area (Å²) in [5.74, 6) is 0.0176. The van der Waals surface area contributed by atoms with Crippen molar-refractivity contribution in [2.45, 2.75) is 18.2 Å². The molecule has 0 aromatic carbocycles. The number of rotatable bonds is 9. The molecule has 6 nitrogen and oxygen atoms in total. The molecule has 0 saturated heterocycles. The minimum atomic E-state index is -3.19. The Morgan fingerprint density at radius 3 is 2.30 bits per heavy atom. The summed E-state index contributed by atoms with van der Waals surface area (Å²) in [6.45, 7) is 0. The number of hydrogen-bond donors (Lipinski definition) is 0. The van der Waals surface area contributed by atoms with Gasteiger partial charge >= 0.3 is 8.80 Å². The van der Waals surface area contributed by atoms with Gasteiger partial charge in [0.05, 0.1) is 17.2 Å². The van der Waals surface area contributed by atoms with E-state index in [2.05, 4.69) is 4.98 Å². The van der Waals surface area contributed by atoms with Crippen molar-refractivity contribution in [1.29, 1.82) is 0 Å². The van der Waals surface area contributed by atoms with Gasteiger partial charge in [-0.05, 0) is 18.6 Å². The zero-order chi connectivity index (χ0) is 15.1. The lowest BCUT2D eigenvalue weighted by atomic mass is 10.4. The normalized spacial score (nSPS) is 12.6. The molecule has 0 aliphatic carbocycles. The second kappa shape index (κ2) is 7.84. The molecule has 0 bridgehead atoms. The Hall–Kier alpha value is -0.803. The van der Waals surface area contributed by atoms with Crippen molar-refractivity contribution in [1.82, 2.24) is 4.98 Å². The van der Waals surface area contributed by atoms with Crippen molar-refractivity contribution in [3.05, 3.63) is 30.1 Å². The average Bonchev–Trinajstić information content (AvgIpc) is 2.45. The largest absolute Gasteiger partial charge is 0.500 e. The van der Waals surface area contributed by atoms with Gasteiger partial charge in [0.2, 0.25) is 0 Å². The lowest BCUT2D eigenvalue weighted by Gasteiger charge is -2.24. The van der Waals surface area contributed by atoms with E-state index in [0.29, 0.717) is 18.2 Å². The quantitative estimate of drug-likeness (QED) is 0.638. The van der Waals surface area contributed by atoms with Crippen molar-refractivity contribution in [2.24, 2.45) is 0 Å². The van der Waals surface area contributed by atoms with Gasteiger partial charge in [-0.1, -0.05) is 6.07 Å². The van der Waals surface area contributed by atoms with E-state index in [-0.39, 0.29) is 11.5 Å². The molecule has 0 amide bonds. The summed E-state index contributed by atoms with van der Waals surface area (Å²) in [6.07, 6.45) is 2.03. The summed E-state index contributed by atoms with van der Waals surface area (Å²) in [5.41, 5.74) is 0.557. The molecule has 0 radical (unpaired) electrons. The van der Waals surface area contributed by atoms with Gasteiger partial charge in [0.15, 0.2) is 9.84 Å². The highest BCUT2D eigenvalue weighted by atomic mass is 32.2. The Balaban J connectivity index is 2.52. The molecule has 114 valence electrons. The number of hydrogen-bond acceptors (Lipinski definition) is 6. The van der Waals surface area contributed by atoms with Gasteiger partial charge < -0.3 is 13.3 Å². The number of sulfone groups is 1. The third-order valence-electron chi connectivity index (χ3n) is 2.97. The Labute approximate surface area is 121 Å². The highest BCUT2D eigenvalue weighted by molar-refractivity contribution is 7.90. The van der Waals surface area contributed by atoms with Gasteiger partial charge in [0.25, 0.3) is 0 Å². The lowest BCUT2D eigenvalue weighted by molar-refractivity contribution is 0.123. The zero-order valence-corrected chi connectivity index (χ0v) is 13.9. The number of nitrogens with zero attached hydrogens (tertiary/aromatic N) is 1. The van der Waals surface area contributed by atoms with Crippen molar-refractivity contribution in [3.63, 3.8) is 0 Å². The third kappa shape index (κ3) is 5.29. The molecule has 20 heavy (non-hydrogen) atoms. The molecule has 0 unspecified atom stereocenters. The first-order chi connectivity index (χ1) is 9.47. The van der Waals surface area contributed by atoms with Crippen LogP contribution >= 0.6 is 0 Å². The minimum absolute atomic E-state index is 0.0463. The lowest BCUT2D eigenvalue weighted by Crippen LogP contribution is -2.42. The molecule has 1 aromatic heterocycles. The van der Waals surface area contributed by atoms with E-state index < -0.39 is 18.6 Å². The van der Waals surface area contributed by atoms with Crippen LogP contribution in [0, 0.1) is 0 Å². The highest BCUT2D eigenvalue weighted by Gasteiger charge is 2.37. The highest BCUT2D eigenvalue weighted by Crippen LogP contribution is 2.16. The third-order valence-corrected chi connectivity index (χ3v) is 7.44. The molecule has 0 saturated carbocycles. The molecule has 1 rings (SSSR count). The van der Waals surface area contributed by atoms with Gasteiger partial charge in [-0.15, -0.1) is 0 Å². The first kappa shape index (κ1) is 17.2. The fraction of sp³-hybridized carbons (Fsp3) is 0.583. The first-order valence-corrected chi connectivity index (χ1v) is 9.98. The molecule has 0 spiro atoms. The van der Waals surface area contributed by atoms with Gasteiger partial charge in [-0.25, -0.2) is 8.42 Å². The maximum atomic E-state index is 12.0. The zero-order valence-electron chi connectivity index (χ0n) is 12.0.